The van der Waals surface area contributed by atoms with E-state index in [1.165, 1.54) is 12.1 Å². The SMILES string of the molecule is C=CCc1cc(CNc2cccc(Cl)c2C)cc(OC)c1OCc1cccc(F)c1. The first-order valence-corrected chi connectivity index (χ1v) is 10.1. The summed E-state index contributed by atoms with van der Waals surface area (Å²) in [7, 11) is 1.61. The van der Waals surface area contributed by atoms with Gasteiger partial charge in [-0.15, -0.1) is 6.58 Å². The molecule has 3 aromatic carbocycles. The van der Waals surface area contributed by atoms with Crippen molar-refractivity contribution >= 4 is 17.3 Å². The number of hydrogen-bond acceptors (Lipinski definition) is 3. The van der Waals surface area contributed by atoms with Gasteiger partial charge >= 0.3 is 0 Å². The maximum absolute atomic E-state index is 13.5. The Morgan fingerprint density at radius 1 is 1.10 bits per heavy atom. The van der Waals surface area contributed by atoms with Crippen LogP contribution in [0.4, 0.5) is 10.1 Å². The molecule has 0 radical (unpaired) electrons. The summed E-state index contributed by atoms with van der Waals surface area (Å²) in [5.41, 5.74) is 4.75. The van der Waals surface area contributed by atoms with Crippen LogP contribution in [0.1, 0.15) is 22.3 Å². The summed E-state index contributed by atoms with van der Waals surface area (Å²) in [4.78, 5) is 0. The first-order chi connectivity index (χ1) is 14.5. The van der Waals surface area contributed by atoms with Crippen LogP contribution in [0, 0.1) is 12.7 Å². The van der Waals surface area contributed by atoms with E-state index in [4.69, 9.17) is 21.1 Å². The molecule has 0 aliphatic carbocycles. The normalized spacial score (nSPS) is 10.5. The Morgan fingerprint density at radius 3 is 2.63 bits per heavy atom. The average Bonchev–Trinajstić information content (AvgIpc) is 2.74. The van der Waals surface area contributed by atoms with Gasteiger partial charge < -0.3 is 14.8 Å². The van der Waals surface area contributed by atoms with Crippen molar-refractivity contribution in [3.63, 3.8) is 0 Å². The molecular weight excluding hydrogens is 401 g/mol. The summed E-state index contributed by atoms with van der Waals surface area (Å²) in [5.74, 6) is 0.988. The molecule has 0 amide bonds. The second-order valence-electron chi connectivity index (χ2n) is 6.96. The van der Waals surface area contributed by atoms with E-state index in [0.29, 0.717) is 24.5 Å². The molecule has 0 aliphatic heterocycles. The van der Waals surface area contributed by atoms with Crippen molar-refractivity contribution in [1.82, 2.24) is 0 Å². The summed E-state index contributed by atoms with van der Waals surface area (Å²) in [5, 5.41) is 4.15. The third kappa shape index (κ3) is 5.33. The molecule has 0 saturated carbocycles. The fourth-order valence-corrected chi connectivity index (χ4v) is 3.40. The maximum atomic E-state index is 13.5. The highest BCUT2D eigenvalue weighted by molar-refractivity contribution is 6.31. The number of allylic oxidation sites excluding steroid dienone is 1. The van der Waals surface area contributed by atoms with Crippen LogP contribution in [0.3, 0.4) is 0 Å². The largest absolute Gasteiger partial charge is 0.493 e. The van der Waals surface area contributed by atoms with E-state index >= 15 is 0 Å². The first-order valence-electron chi connectivity index (χ1n) is 9.68. The molecule has 0 heterocycles. The molecule has 5 heteroatoms. The van der Waals surface area contributed by atoms with E-state index in [2.05, 4.69) is 18.0 Å². The molecule has 0 aromatic heterocycles. The zero-order chi connectivity index (χ0) is 21.5. The lowest BCUT2D eigenvalue weighted by molar-refractivity contribution is 0.281. The number of ether oxygens (including phenoxy) is 2. The molecule has 156 valence electrons. The molecule has 0 spiro atoms. The second kappa shape index (κ2) is 10.2. The molecular formula is C25H25ClFNO2. The monoisotopic (exact) mass is 425 g/mol. The van der Waals surface area contributed by atoms with E-state index in [1.54, 1.807) is 13.2 Å². The van der Waals surface area contributed by atoms with Crippen molar-refractivity contribution in [2.75, 3.05) is 12.4 Å². The Labute approximate surface area is 182 Å². The lowest BCUT2D eigenvalue weighted by atomic mass is 10.0. The molecule has 0 atom stereocenters. The third-order valence-electron chi connectivity index (χ3n) is 4.80. The van der Waals surface area contributed by atoms with Crippen molar-refractivity contribution in [3.8, 4) is 11.5 Å². The van der Waals surface area contributed by atoms with Crippen LogP contribution in [0.15, 0.2) is 67.3 Å². The number of halogens is 2. The third-order valence-corrected chi connectivity index (χ3v) is 5.21. The summed E-state index contributed by atoms with van der Waals surface area (Å²) in [6.07, 6.45) is 2.45. The van der Waals surface area contributed by atoms with Crippen LogP contribution in [-0.4, -0.2) is 7.11 Å². The van der Waals surface area contributed by atoms with Crippen molar-refractivity contribution in [1.29, 1.82) is 0 Å². The predicted molar refractivity (Wildman–Crippen MR) is 121 cm³/mol. The van der Waals surface area contributed by atoms with Gasteiger partial charge in [0.15, 0.2) is 11.5 Å². The molecule has 0 saturated heterocycles. The first kappa shape index (κ1) is 21.7. The van der Waals surface area contributed by atoms with Crippen LogP contribution in [-0.2, 0) is 19.6 Å². The molecule has 1 N–H and O–H groups in total. The minimum absolute atomic E-state index is 0.248. The van der Waals surface area contributed by atoms with Gasteiger partial charge in [0.25, 0.3) is 0 Å². The number of nitrogens with one attached hydrogen (secondary N) is 1. The minimum Gasteiger partial charge on any atom is -0.493 e. The number of benzene rings is 3. The quantitative estimate of drug-likeness (QED) is 0.386. The van der Waals surface area contributed by atoms with Crippen LogP contribution in [0.5, 0.6) is 11.5 Å². The van der Waals surface area contributed by atoms with Crippen molar-refractivity contribution in [3.05, 3.63) is 100 Å². The average molecular weight is 426 g/mol. The molecule has 0 bridgehead atoms. The smallest absolute Gasteiger partial charge is 0.165 e. The van der Waals surface area contributed by atoms with Gasteiger partial charge in [-0.3, -0.25) is 0 Å². The van der Waals surface area contributed by atoms with Crippen LogP contribution < -0.4 is 14.8 Å². The zero-order valence-electron chi connectivity index (χ0n) is 17.2. The number of rotatable bonds is 9. The van der Waals surface area contributed by atoms with Gasteiger partial charge in [-0.1, -0.05) is 35.9 Å². The van der Waals surface area contributed by atoms with E-state index in [1.807, 2.05) is 43.3 Å². The zero-order valence-corrected chi connectivity index (χ0v) is 17.9. The summed E-state index contributed by atoms with van der Waals surface area (Å²) < 4.78 is 25.1. The van der Waals surface area contributed by atoms with Crippen molar-refractivity contribution in [2.45, 2.75) is 26.5 Å². The highest BCUT2D eigenvalue weighted by atomic mass is 35.5. The summed E-state index contributed by atoms with van der Waals surface area (Å²) in [6, 6.07) is 16.2. The van der Waals surface area contributed by atoms with Gasteiger partial charge in [0.05, 0.1) is 7.11 Å². The van der Waals surface area contributed by atoms with Gasteiger partial charge in [-0.2, -0.15) is 0 Å². The molecule has 0 aliphatic rings. The Bertz CT molecular complexity index is 1040. The standard InChI is InChI=1S/C25H25ClFNO2/c1-4-7-20-12-19(15-28-23-11-6-10-22(26)17(23)2)14-24(29-3)25(20)30-16-18-8-5-9-21(27)13-18/h4-6,8-14,28H,1,7,15-16H2,2-3H3. The van der Waals surface area contributed by atoms with E-state index in [9.17, 15) is 4.39 Å². The molecule has 3 rings (SSSR count). The van der Waals surface area contributed by atoms with Crippen LogP contribution in [0.2, 0.25) is 5.02 Å². The maximum Gasteiger partial charge on any atom is 0.165 e. The van der Waals surface area contributed by atoms with Gasteiger partial charge in [0.1, 0.15) is 12.4 Å². The highest BCUT2D eigenvalue weighted by Gasteiger charge is 2.14. The van der Waals surface area contributed by atoms with Crippen LogP contribution >= 0.6 is 11.6 Å². The van der Waals surface area contributed by atoms with Crippen LogP contribution in [0.25, 0.3) is 0 Å². The Hall–Kier alpha value is -2.98. The van der Waals surface area contributed by atoms with E-state index in [-0.39, 0.29) is 12.4 Å². The summed E-state index contributed by atoms with van der Waals surface area (Å²) in [6.45, 7) is 6.69. The van der Waals surface area contributed by atoms with Crippen molar-refractivity contribution < 1.29 is 13.9 Å². The van der Waals surface area contributed by atoms with Gasteiger partial charge in [0.2, 0.25) is 0 Å². The summed E-state index contributed by atoms with van der Waals surface area (Å²) >= 11 is 6.21. The van der Waals surface area contributed by atoms with E-state index < -0.39 is 0 Å². The predicted octanol–water partition coefficient (Wildman–Crippen LogP) is 6.72. The van der Waals surface area contributed by atoms with E-state index in [0.717, 1.165) is 33.0 Å². The Morgan fingerprint density at radius 2 is 1.90 bits per heavy atom. The molecule has 30 heavy (non-hydrogen) atoms. The van der Waals surface area contributed by atoms with Gasteiger partial charge in [-0.25, -0.2) is 4.39 Å². The fourth-order valence-electron chi connectivity index (χ4n) is 3.23. The minimum atomic E-state index is -0.285. The number of anilines is 1. The molecule has 3 aromatic rings. The Balaban J connectivity index is 1.83. The molecule has 0 fully saturated rings. The molecule has 3 nitrogen and oxygen atoms in total. The topological polar surface area (TPSA) is 30.5 Å². The van der Waals surface area contributed by atoms with Crippen molar-refractivity contribution in [2.24, 2.45) is 0 Å². The fraction of sp³-hybridized carbons (Fsp3) is 0.200. The lowest BCUT2D eigenvalue weighted by Gasteiger charge is -2.18. The lowest BCUT2D eigenvalue weighted by Crippen LogP contribution is -2.05. The Kier molecular flexibility index (Phi) is 7.36. The van der Waals surface area contributed by atoms with Gasteiger partial charge in [-0.05, 0) is 66.4 Å². The molecule has 0 unspecified atom stereocenters. The second-order valence-corrected chi connectivity index (χ2v) is 7.37. The highest BCUT2D eigenvalue weighted by Crippen LogP contribution is 2.35. The number of hydrogen-bond donors (Lipinski definition) is 1. The number of methoxy groups -OCH3 is 1. The van der Waals surface area contributed by atoms with Gasteiger partial charge in [0, 0.05) is 22.8 Å².